The van der Waals surface area contributed by atoms with Gasteiger partial charge in [-0.15, -0.1) is 0 Å². The van der Waals surface area contributed by atoms with E-state index in [4.69, 9.17) is 0 Å². The molecule has 5 aliphatic rings. The number of para-hydroxylation sites is 2. The zero-order valence-electron chi connectivity index (χ0n) is 20.3. The van der Waals surface area contributed by atoms with Crippen LogP contribution in [0.5, 0.6) is 5.75 Å². The quantitative estimate of drug-likeness (QED) is 0.393. The van der Waals surface area contributed by atoms with E-state index in [1.165, 1.54) is 19.3 Å². The van der Waals surface area contributed by atoms with Crippen molar-refractivity contribution in [3.63, 3.8) is 0 Å². The van der Waals surface area contributed by atoms with Crippen LogP contribution in [0.25, 0.3) is 0 Å². The van der Waals surface area contributed by atoms with Crippen LogP contribution < -0.4 is 9.80 Å². The number of nitrogens with zero attached hydrogens (tertiary/aromatic N) is 4. The minimum absolute atomic E-state index is 0.202. The monoisotopic (exact) mass is 586 g/mol. The number of hydrogen-bond donors (Lipinski definition) is 1. The average molecular weight is 587 g/mol. The summed E-state index contributed by atoms with van der Waals surface area (Å²) in [5, 5.41) is 10.2. The number of anilines is 2. The third-order valence-electron chi connectivity index (χ3n) is 8.85. The fourth-order valence-corrected chi connectivity index (χ4v) is 9.68. The van der Waals surface area contributed by atoms with E-state index in [2.05, 4.69) is 37.4 Å². The number of piperazine rings is 1. The highest BCUT2D eigenvalue weighted by Gasteiger charge is 2.60. The molecule has 1 aromatic carbocycles. The molecule has 1 amide bonds. The van der Waals surface area contributed by atoms with Crippen molar-refractivity contribution in [2.45, 2.75) is 41.9 Å². The van der Waals surface area contributed by atoms with Crippen molar-refractivity contribution in [1.29, 1.82) is 0 Å². The summed E-state index contributed by atoms with van der Waals surface area (Å²) in [6.45, 7) is 5.11. The topological polar surface area (TPSA) is 59.9 Å². The number of pyridine rings is 1. The highest BCUT2D eigenvalue weighted by atomic mass is 127. The molecule has 4 bridgehead atoms. The lowest BCUT2D eigenvalue weighted by atomic mass is 9.49. The van der Waals surface area contributed by atoms with E-state index in [1.807, 2.05) is 41.3 Å². The van der Waals surface area contributed by atoms with Crippen molar-refractivity contribution in [2.24, 2.45) is 17.3 Å². The maximum atomic E-state index is 14.3. The fourth-order valence-electron chi connectivity index (χ4n) is 7.71. The van der Waals surface area contributed by atoms with Gasteiger partial charge in [0.2, 0.25) is 5.91 Å². The van der Waals surface area contributed by atoms with Crippen molar-refractivity contribution < 1.29 is 9.90 Å². The van der Waals surface area contributed by atoms with Crippen molar-refractivity contribution in [2.75, 3.05) is 49.1 Å². The second-order valence-corrected chi connectivity index (χ2v) is 13.6. The van der Waals surface area contributed by atoms with Crippen LogP contribution in [0.1, 0.15) is 38.5 Å². The number of phenolic OH excluding ortho intramolecular Hbond substituents is 1. The van der Waals surface area contributed by atoms with E-state index in [0.717, 1.165) is 63.5 Å². The van der Waals surface area contributed by atoms with Crippen LogP contribution in [-0.4, -0.2) is 63.6 Å². The molecule has 0 spiro atoms. The average Bonchev–Trinajstić information content (AvgIpc) is 2.84. The van der Waals surface area contributed by atoms with Crippen LogP contribution >= 0.6 is 22.6 Å². The summed E-state index contributed by atoms with van der Waals surface area (Å²) in [6, 6.07) is 13.5. The highest BCUT2D eigenvalue weighted by molar-refractivity contribution is 14.1. The standard InChI is InChI=1S/C28H35IN4O2/c29-28-18-21-15-22(19-28)17-27(16-21,20-28)26(35)33(25-7-3-4-8-30-25)14-11-31-9-12-32(13-10-31)23-5-1-2-6-24(23)34/h1-8,21-22,34H,9-20H2/t21-,22+,27?,28?. The largest absolute Gasteiger partial charge is 0.506 e. The smallest absolute Gasteiger partial charge is 0.234 e. The van der Waals surface area contributed by atoms with Gasteiger partial charge in [-0.3, -0.25) is 14.6 Å². The van der Waals surface area contributed by atoms with Crippen molar-refractivity contribution in [1.82, 2.24) is 9.88 Å². The second-order valence-electron chi connectivity index (χ2n) is 11.4. The molecule has 1 aromatic heterocycles. The Balaban J connectivity index is 1.16. The van der Waals surface area contributed by atoms with E-state index >= 15 is 0 Å². The number of hydrogen-bond acceptors (Lipinski definition) is 5. The summed E-state index contributed by atoms with van der Waals surface area (Å²) >= 11 is 2.70. The molecule has 4 atom stereocenters. The summed E-state index contributed by atoms with van der Waals surface area (Å²) < 4.78 is 0.312. The molecular weight excluding hydrogens is 551 g/mol. The van der Waals surface area contributed by atoms with Crippen LogP contribution in [0.2, 0.25) is 0 Å². The number of alkyl halides is 1. The molecule has 186 valence electrons. The van der Waals surface area contributed by atoms with E-state index in [9.17, 15) is 9.90 Å². The third-order valence-corrected chi connectivity index (χ3v) is 10.1. The van der Waals surface area contributed by atoms with Gasteiger partial charge in [0.15, 0.2) is 0 Å². The van der Waals surface area contributed by atoms with Gasteiger partial charge in [0.05, 0.1) is 11.1 Å². The van der Waals surface area contributed by atoms with Gasteiger partial charge in [0.25, 0.3) is 0 Å². The number of rotatable bonds is 6. The first-order chi connectivity index (χ1) is 16.9. The van der Waals surface area contributed by atoms with Gasteiger partial charge < -0.3 is 10.0 Å². The number of aromatic hydroxyl groups is 1. The van der Waals surface area contributed by atoms with Crippen molar-refractivity contribution >= 4 is 40.0 Å². The first kappa shape index (κ1) is 23.5. The van der Waals surface area contributed by atoms with Gasteiger partial charge >= 0.3 is 0 Å². The maximum absolute atomic E-state index is 14.3. The first-order valence-corrected chi connectivity index (χ1v) is 14.2. The zero-order valence-corrected chi connectivity index (χ0v) is 22.4. The zero-order chi connectivity index (χ0) is 24.0. The van der Waals surface area contributed by atoms with Gasteiger partial charge in [-0.2, -0.15) is 0 Å². The van der Waals surface area contributed by atoms with E-state index < -0.39 is 0 Å². The van der Waals surface area contributed by atoms with Gasteiger partial charge in [-0.1, -0.05) is 40.8 Å². The molecule has 6 nitrogen and oxygen atoms in total. The molecule has 4 saturated carbocycles. The van der Waals surface area contributed by atoms with Crippen LogP contribution in [-0.2, 0) is 4.79 Å². The van der Waals surface area contributed by atoms with E-state index in [-0.39, 0.29) is 5.41 Å². The number of carbonyl (C=O) groups is 1. The SMILES string of the molecule is O=C(N(CCN1CCN(c2ccccc2O)CC1)c1ccccn1)C12C[C@@H]3C[C@@H](CC(I)(C3)C1)C2. The molecule has 2 unspecified atom stereocenters. The lowest BCUT2D eigenvalue weighted by molar-refractivity contribution is -0.140. The minimum Gasteiger partial charge on any atom is -0.506 e. The Hall–Kier alpha value is -1.87. The number of phenols is 1. The van der Waals surface area contributed by atoms with Crippen molar-refractivity contribution in [3.8, 4) is 5.75 Å². The number of benzene rings is 1. The van der Waals surface area contributed by atoms with Gasteiger partial charge in [-0.25, -0.2) is 4.98 Å². The summed E-state index contributed by atoms with van der Waals surface area (Å²) in [5.74, 6) is 2.88. The van der Waals surface area contributed by atoms with E-state index in [1.54, 1.807) is 12.3 Å². The molecule has 5 fully saturated rings. The number of carbonyl (C=O) groups excluding carboxylic acids is 1. The number of aromatic nitrogens is 1. The normalized spacial score (nSPS) is 32.1. The molecule has 2 aromatic rings. The van der Waals surface area contributed by atoms with Gasteiger partial charge in [-0.05, 0) is 74.6 Å². The molecule has 4 aliphatic carbocycles. The van der Waals surface area contributed by atoms with Crippen LogP contribution in [0.15, 0.2) is 48.7 Å². The Morgan fingerprint density at radius 1 is 1.03 bits per heavy atom. The van der Waals surface area contributed by atoms with Gasteiger partial charge in [0, 0.05) is 48.9 Å². The summed E-state index contributed by atoms with van der Waals surface area (Å²) in [5.41, 5.74) is 0.707. The number of halogens is 1. The lowest BCUT2D eigenvalue weighted by Gasteiger charge is -2.60. The first-order valence-electron chi connectivity index (χ1n) is 13.1. The third kappa shape index (κ3) is 4.54. The number of amides is 1. The predicted octanol–water partition coefficient (Wildman–Crippen LogP) is 4.72. The predicted molar refractivity (Wildman–Crippen MR) is 147 cm³/mol. The molecule has 1 N–H and O–H groups in total. The Bertz CT molecular complexity index is 1060. The lowest BCUT2D eigenvalue weighted by Crippen LogP contribution is -2.59. The fraction of sp³-hybridized carbons (Fsp3) is 0.571. The van der Waals surface area contributed by atoms with E-state index in [0.29, 0.717) is 33.5 Å². The molecule has 7 heteroatoms. The molecule has 2 heterocycles. The Morgan fingerprint density at radius 3 is 2.40 bits per heavy atom. The van der Waals surface area contributed by atoms with Crippen LogP contribution in [0.4, 0.5) is 11.5 Å². The van der Waals surface area contributed by atoms with Crippen LogP contribution in [0.3, 0.4) is 0 Å². The molecule has 0 radical (unpaired) electrons. The molecule has 1 aliphatic heterocycles. The molecule has 7 rings (SSSR count). The molecule has 35 heavy (non-hydrogen) atoms. The Morgan fingerprint density at radius 2 is 1.74 bits per heavy atom. The second kappa shape index (κ2) is 9.21. The summed E-state index contributed by atoms with van der Waals surface area (Å²) in [4.78, 5) is 25.6. The highest BCUT2D eigenvalue weighted by Crippen LogP contribution is 2.65. The Labute approximate surface area is 221 Å². The molecule has 1 saturated heterocycles. The minimum atomic E-state index is -0.202. The Kier molecular flexibility index (Phi) is 6.19. The summed E-state index contributed by atoms with van der Waals surface area (Å²) in [6.07, 6.45) is 8.89. The van der Waals surface area contributed by atoms with Crippen LogP contribution in [0, 0.1) is 17.3 Å². The maximum Gasteiger partial charge on any atom is 0.234 e. The van der Waals surface area contributed by atoms with Crippen molar-refractivity contribution in [3.05, 3.63) is 48.7 Å². The van der Waals surface area contributed by atoms with Gasteiger partial charge in [0.1, 0.15) is 11.6 Å². The molecular formula is C28H35IN4O2. The summed E-state index contributed by atoms with van der Waals surface area (Å²) in [7, 11) is 0.